The predicted octanol–water partition coefficient (Wildman–Crippen LogP) is 3.37. The van der Waals surface area contributed by atoms with Gasteiger partial charge in [-0.15, -0.1) is 5.10 Å². The fourth-order valence-corrected chi connectivity index (χ4v) is 4.93. The monoisotopic (exact) mass is 396 g/mol. The first-order valence-electron chi connectivity index (χ1n) is 9.57. The third-order valence-electron chi connectivity index (χ3n) is 5.40. The second-order valence-electron chi connectivity index (χ2n) is 8.06. The molecule has 1 fully saturated rings. The molecule has 3 aromatic rings. The smallest absolute Gasteiger partial charge is 0.275 e. The second kappa shape index (κ2) is 7.13. The number of rotatable bonds is 5. The molecule has 146 valence electrons. The van der Waals surface area contributed by atoms with Crippen LogP contribution in [0.2, 0.25) is 0 Å². The maximum atomic E-state index is 13.2. The molecule has 1 aromatic carbocycles. The Labute approximate surface area is 167 Å². The maximum absolute atomic E-state index is 13.2. The molecule has 1 saturated heterocycles. The highest BCUT2D eigenvalue weighted by Crippen LogP contribution is 2.33. The van der Waals surface area contributed by atoms with E-state index in [0.29, 0.717) is 22.2 Å². The highest BCUT2D eigenvalue weighted by Gasteiger charge is 2.36. The number of Topliss-reactive ketones (excluding diaryl/α,β-unsaturated/α-hetero) is 1. The number of hydrogen-bond donors (Lipinski definition) is 0. The molecule has 0 spiro atoms. The van der Waals surface area contributed by atoms with E-state index in [9.17, 15) is 9.59 Å². The number of anilines is 1. The first-order chi connectivity index (χ1) is 13.3. The van der Waals surface area contributed by atoms with E-state index in [4.69, 9.17) is 0 Å². The minimum Gasteiger partial charge on any atom is -0.337 e. The summed E-state index contributed by atoms with van der Waals surface area (Å²) in [6, 6.07) is 11.5. The number of benzene rings is 1. The van der Waals surface area contributed by atoms with Crippen molar-refractivity contribution in [3.05, 3.63) is 58.0 Å². The number of ketones is 1. The number of fused-ring (bicyclic) bond motifs is 1. The Hall–Kier alpha value is -2.54. The Morgan fingerprint density at radius 2 is 2.04 bits per heavy atom. The molecule has 0 saturated carbocycles. The Balaban J connectivity index is 1.59. The molecule has 1 aliphatic heterocycles. The van der Waals surface area contributed by atoms with E-state index in [1.165, 1.54) is 27.5 Å². The van der Waals surface area contributed by atoms with Crippen LogP contribution in [-0.2, 0) is 10.2 Å². The first kappa shape index (κ1) is 18.8. The van der Waals surface area contributed by atoms with E-state index in [1.54, 1.807) is 6.92 Å². The van der Waals surface area contributed by atoms with Crippen LogP contribution in [0.1, 0.15) is 44.4 Å². The SMILES string of the molecule is Cc1cc(=O)n2nc(N3CCC[C@@H]3C(=O)CC(C)(C)c3ccccc3)sc2n1. The fourth-order valence-electron chi connectivity index (χ4n) is 3.90. The zero-order valence-corrected chi connectivity index (χ0v) is 17.2. The van der Waals surface area contributed by atoms with Gasteiger partial charge >= 0.3 is 0 Å². The summed E-state index contributed by atoms with van der Waals surface area (Å²) in [5.74, 6) is 0.224. The largest absolute Gasteiger partial charge is 0.337 e. The number of nitrogens with zero attached hydrogens (tertiary/aromatic N) is 4. The average molecular weight is 397 g/mol. The van der Waals surface area contributed by atoms with Gasteiger partial charge in [0.05, 0.1) is 6.04 Å². The lowest BCUT2D eigenvalue weighted by Gasteiger charge is -2.29. The summed E-state index contributed by atoms with van der Waals surface area (Å²) in [5.41, 5.74) is 1.44. The van der Waals surface area contributed by atoms with Crippen molar-refractivity contribution in [1.29, 1.82) is 0 Å². The summed E-state index contributed by atoms with van der Waals surface area (Å²) in [7, 11) is 0. The van der Waals surface area contributed by atoms with E-state index in [0.717, 1.165) is 19.4 Å². The molecule has 2 aromatic heterocycles. The topological polar surface area (TPSA) is 67.6 Å². The Kier molecular flexibility index (Phi) is 4.79. The van der Waals surface area contributed by atoms with Crippen molar-refractivity contribution in [3.63, 3.8) is 0 Å². The minimum absolute atomic E-state index is 0.183. The van der Waals surface area contributed by atoms with Crippen molar-refractivity contribution >= 4 is 27.2 Å². The van der Waals surface area contributed by atoms with Gasteiger partial charge in [0.15, 0.2) is 5.78 Å². The van der Waals surface area contributed by atoms with Gasteiger partial charge in [-0.2, -0.15) is 4.52 Å². The molecule has 6 nitrogen and oxygen atoms in total. The molecular weight excluding hydrogens is 372 g/mol. The van der Waals surface area contributed by atoms with Crippen LogP contribution < -0.4 is 10.5 Å². The third-order valence-corrected chi connectivity index (χ3v) is 6.35. The first-order valence-corrected chi connectivity index (χ1v) is 10.4. The molecule has 0 unspecified atom stereocenters. The van der Waals surface area contributed by atoms with Gasteiger partial charge in [0.2, 0.25) is 10.1 Å². The van der Waals surface area contributed by atoms with Crippen LogP contribution in [0, 0.1) is 6.92 Å². The number of carbonyl (C=O) groups is 1. The van der Waals surface area contributed by atoms with Gasteiger partial charge in [0.1, 0.15) is 0 Å². The standard InChI is InChI=1S/C21H24N4O2S/c1-14-12-18(27)25-19(22-14)28-20(23-25)24-11-7-10-16(24)17(26)13-21(2,3)15-8-5-4-6-9-15/h4-6,8-9,12,16H,7,10-11,13H2,1-3H3/t16-/m1/s1. The van der Waals surface area contributed by atoms with Gasteiger partial charge in [-0.1, -0.05) is 55.5 Å². The summed E-state index contributed by atoms with van der Waals surface area (Å²) < 4.78 is 1.33. The number of carbonyl (C=O) groups excluding carboxylic acids is 1. The number of aromatic nitrogens is 3. The van der Waals surface area contributed by atoms with E-state index in [2.05, 4.69) is 41.0 Å². The van der Waals surface area contributed by atoms with Crippen LogP contribution in [0.3, 0.4) is 0 Å². The summed E-state index contributed by atoms with van der Waals surface area (Å²) in [4.78, 5) is 32.4. The Bertz CT molecular complexity index is 1070. The normalized spacial score (nSPS) is 17.4. The Morgan fingerprint density at radius 1 is 1.29 bits per heavy atom. The molecule has 1 atom stereocenters. The maximum Gasteiger partial charge on any atom is 0.275 e. The second-order valence-corrected chi connectivity index (χ2v) is 8.99. The van der Waals surface area contributed by atoms with E-state index < -0.39 is 0 Å². The molecule has 0 bridgehead atoms. The van der Waals surface area contributed by atoms with Crippen LogP contribution in [0.5, 0.6) is 0 Å². The number of hydrogen-bond acceptors (Lipinski definition) is 6. The van der Waals surface area contributed by atoms with E-state index in [1.807, 2.05) is 18.2 Å². The third kappa shape index (κ3) is 3.46. The van der Waals surface area contributed by atoms with Crippen molar-refractivity contribution in [2.75, 3.05) is 11.4 Å². The summed E-state index contributed by atoms with van der Waals surface area (Å²) in [6.45, 7) is 6.80. The molecule has 0 aliphatic carbocycles. The van der Waals surface area contributed by atoms with Gasteiger partial charge in [-0.05, 0) is 30.7 Å². The molecule has 1 aliphatic rings. The van der Waals surface area contributed by atoms with Crippen LogP contribution in [-0.4, -0.2) is 33.0 Å². The highest BCUT2D eigenvalue weighted by molar-refractivity contribution is 7.20. The van der Waals surface area contributed by atoms with Gasteiger partial charge in [0, 0.05) is 24.7 Å². The van der Waals surface area contributed by atoms with Crippen molar-refractivity contribution in [2.45, 2.75) is 51.5 Å². The van der Waals surface area contributed by atoms with E-state index in [-0.39, 0.29) is 22.8 Å². The van der Waals surface area contributed by atoms with Crippen LogP contribution in [0.15, 0.2) is 41.2 Å². The molecular formula is C21H24N4O2S. The van der Waals surface area contributed by atoms with Crippen molar-refractivity contribution < 1.29 is 4.79 Å². The average Bonchev–Trinajstić information content (AvgIpc) is 3.28. The zero-order valence-electron chi connectivity index (χ0n) is 16.4. The lowest BCUT2D eigenvalue weighted by atomic mass is 9.79. The quantitative estimate of drug-likeness (QED) is 0.661. The van der Waals surface area contributed by atoms with Crippen molar-refractivity contribution in [1.82, 2.24) is 14.6 Å². The Morgan fingerprint density at radius 3 is 2.79 bits per heavy atom. The van der Waals surface area contributed by atoms with Crippen molar-refractivity contribution in [3.8, 4) is 0 Å². The fraction of sp³-hybridized carbons (Fsp3) is 0.429. The molecule has 0 N–H and O–H groups in total. The number of aryl methyl sites for hydroxylation is 1. The lowest BCUT2D eigenvalue weighted by molar-refractivity contribution is -0.121. The van der Waals surface area contributed by atoms with E-state index >= 15 is 0 Å². The summed E-state index contributed by atoms with van der Waals surface area (Å²) >= 11 is 1.37. The van der Waals surface area contributed by atoms with Crippen LogP contribution in [0.25, 0.3) is 4.96 Å². The predicted molar refractivity (Wildman–Crippen MR) is 111 cm³/mol. The summed E-state index contributed by atoms with van der Waals surface area (Å²) in [5, 5.41) is 5.15. The highest BCUT2D eigenvalue weighted by atomic mass is 32.1. The van der Waals surface area contributed by atoms with Crippen LogP contribution >= 0.6 is 11.3 Å². The molecule has 7 heteroatoms. The molecule has 4 rings (SSSR count). The molecule has 0 amide bonds. The van der Waals surface area contributed by atoms with Crippen molar-refractivity contribution in [2.24, 2.45) is 0 Å². The molecule has 3 heterocycles. The minimum atomic E-state index is -0.226. The molecule has 0 radical (unpaired) electrons. The van der Waals surface area contributed by atoms with Gasteiger partial charge in [-0.25, -0.2) is 4.98 Å². The van der Waals surface area contributed by atoms with Gasteiger partial charge in [0.25, 0.3) is 5.56 Å². The molecule has 28 heavy (non-hydrogen) atoms. The zero-order chi connectivity index (χ0) is 19.9. The van der Waals surface area contributed by atoms with Gasteiger partial charge in [-0.3, -0.25) is 9.59 Å². The summed E-state index contributed by atoms with van der Waals surface area (Å²) in [6.07, 6.45) is 2.24. The van der Waals surface area contributed by atoms with Crippen LogP contribution in [0.4, 0.5) is 5.13 Å². The van der Waals surface area contributed by atoms with Gasteiger partial charge < -0.3 is 4.90 Å². The lowest BCUT2D eigenvalue weighted by Crippen LogP contribution is -2.39.